The van der Waals surface area contributed by atoms with Crippen LogP contribution in [-0.2, 0) is 10.0 Å². The number of anilines is 2. The molecule has 0 bridgehead atoms. The smallest absolute Gasteiger partial charge is 0.257 e. The predicted octanol–water partition coefficient (Wildman–Crippen LogP) is 4.28. The van der Waals surface area contributed by atoms with E-state index < -0.39 is 10.0 Å². The molecule has 0 aliphatic carbocycles. The van der Waals surface area contributed by atoms with Crippen LogP contribution in [0.1, 0.15) is 23.2 Å². The summed E-state index contributed by atoms with van der Waals surface area (Å²) in [5, 5.41) is 3.04. The number of sulfonamides is 1. The molecule has 8 heteroatoms. The van der Waals surface area contributed by atoms with E-state index in [1.54, 1.807) is 30.3 Å². The zero-order valence-corrected chi connectivity index (χ0v) is 16.4. The fraction of sp³-hybridized carbons (Fsp3) is 0.235. The quantitative estimate of drug-likeness (QED) is 0.770. The largest absolute Gasteiger partial charge is 0.322 e. The molecule has 132 valence electrons. The Labute approximate surface area is 160 Å². The van der Waals surface area contributed by atoms with Gasteiger partial charge in [-0.3, -0.25) is 9.10 Å². The van der Waals surface area contributed by atoms with Crippen LogP contribution in [0.15, 0.2) is 46.9 Å². The van der Waals surface area contributed by atoms with Crippen LogP contribution in [0, 0.1) is 0 Å². The lowest BCUT2D eigenvalue weighted by atomic mass is 10.1. The number of nitrogens with one attached hydrogen (secondary N) is 1. The molecule has 1 N–H and O–H groups in total. The first-order valence-electron chi connectivity index (χ1n) is 7.74. The lowest BCUT2D eigenvalue weighted by Gasteiger charge is -2.28. The van der Waals surface area contributed by atoms with E-state index in [-0.39, 0.29) is 22.2 Å². The van der Waals surface area contributed by atoms with E-state index in [0.717, 1.165) is 10.9 Å². The molecule has 0 saturated carbocycles. The minimum atomic E-state index is -3.34. The van der Waals surface area contributed by atoms with E-state index in [9.17, 15) is 13.2 Å². The number of rotatable bonds is 3. The van der Waals surface area contributed by atoms with Crippen molar-refractivity contribution in [1.29, 1.82) is 0 Å². The fourth-order valence-corrected chi connectivity index (χ4v) is 4.92. The van der Waals surface area contributed by atoms with E-state index in [0.29, 0.717) is 24.3 Å². The number of halogens is 2. The lowest BCUT2D eigenvalue weighted by molar-refractivity contribution is 0.102. The molecule has 2 aromatic rings. The van der Waals surface area contributed by atoms with Gasteiger partial charge >= 0.3 is 0 Å². The lowest BCUT2D eigenvalue weighted by Crippen LogP contribution is -2.38. The average molecular weight is 444 g/mol. The second-order valence-electron chi connectivity index (χ2n) is 5.72. The van der Waals surface area contributed by atoms with Crippen molar-refractivity contribution in [2.75, 3.05) is 21.9 Å². The van der Waals surface area contributed by atoms with Crippen LogP contribution >= 0.6 is 27.5 Å². The molecule has 25 heavy (non-hydrogen) atoms. The normalized spacial score (nSPS) is 16.5. The van der Waals surface area contributed by atoms with Gasteiger partial charge in [0.05, 0.1) is 22.0 Å². The van der Waals surface area contributed by atoms with Crippen molar-refractivity contribution in [3.63, 3.8) is 0 Å². The molecule has 1 heterocycles. The highest BCUT2D eigenvalue weighted by molar-refractivity contribution is 9.10. The van der Waals surface area contributed by atoms with Gasteiger partial charge in [-0.15, -0.1) is 0 Å². The van der Waals surface area contributed by atoms with Gasteiger partial charge in [0.1, 0.15) is 0 Å². The molecule has 3 rings (SSSR count). The topological polar surface area (TPSA) is 66.5 Å². The molecule has 0 radical (unpaired) electrons. The average Bonchev–Trinajstić information content (AvgIpc) is 2.55. The minimum Gasteiger partial charge on any atom is -0.322 e. The Hall–Kier alpha value is -1.57. The van der Waals surface area contributed by atoms with Gasteiger partial charge in [-0.05, 0) is 49.2 Å². The summed E-state index contributed by atoms with van der Waals surface area (Å²) in [4.78, 5) is 12.6. The molecule has 1 aliphatic heterocycles. The first kappa shape index (κ1) is 18.2. The van der Waals surface area contributed by atoms with Gasteiger partial charge < -0.3 is 5.32 Å². The van der Waals surface area contributed by atoms with Crippen molar-refractivity contribution < 1.29 is 13.2 Å². The number of carbonyl (C=O) groups excluding carboxylic acids is 1. The molecular weight excluding hydrogens is 428 g/mol. The zero-order chi connectivity index (χ0) is 18.0. The predicted molar refractivity (Wildman–Crippen MR) is 104 cm³/mol. The van der Waals surface area contributed by atoms with Crippen LogP contribution < -0.4 is 9.62 Å². The van der Waals surface area contributed by atoms with Crippen molar-refractivity contribution >= 4 is 54.8 Å². The van der Waals surface area contributed by atoms with E-state index in [1.807, 2.05) is 6.07 Å². The second kappa shape index (κ2) is 7.35. The summed E-state index contributed by atoms with van der Waals surface area (Å²) in [5.41, 5.74) is 1.31. The first-order valence-corrected chi connectivity index (χ1v) is 10.5. The van der Waals surface area contributed by atoms with Crippen LogP contribution in [0.2, 0.25) is 5.02 Å². The molecule has 5 nitrogen and oxygen atoms in total. The summed E-state index contributed by atoms with van der Waals surface area (Å²) in [6.45, 7) is 0.413. The monoisotopic (exact) mass is 442 g/mol. The maximum Gasteiger partial charge on any atom is 0.257 e. The molecule has 1 amide bonds. The van der Waals surface area contributed by atoms with Crippen LogP contribution in [0.3, 0.4) is 0 Å². The summed E-state index contributed by atoms with van der Waals surface area (Å²) < 4.78 is 26.7. The SMILES string of the molecule is O=C(Nc1cccc(Br)c1)c1cc(N2CCCCS2(=O)=O)ccc1Cl. The molecule has 0 aromatic heterocycles. The molecule has 0 unspecified atom stereocenters. The number of carbonyl (C=O) groups is 1. The van der Waals surface area contributed by atoms with Gasteiger partial charge in [0.15, 0.2) is 0 Å². The van der Waals surface area contributed by atoms with E-state index >= 15 is 0 Å². The van der Waals surface area contributed by atoms with Gasteiger partial charge in [0, 0.05) is 16.7 Å². The summed E-state index contributed by atoms with van der Waals surface area (Å²) in [5.74, 6) is -0.269. The molecule has 0 atom stereocenters. The molecule has 1 aliphatic rings. The maximum atomic E-state index is 12.6. The Kier molecular flexibility index (Phi) is 5.36. The highest BCUT2D eigenvalue weighted by atomic mass is 79.9. The Balaban J connectivity index is 1.90. The van der Waals surface area contributed by atoms with Crippen molar-refractivity contribution in [1.82, 2.24) is 0 Å². The first-order chi connectivity index (χ1) is 11.9. The molecule has 2 aromatic carbocycles. The molecule has 1 saturated heterocycles. The molecular formula is C17H16BrClN2O3S. The van der Waals surface area contributed by atoms with Gasteiger partial charge in [-0.1, -0.05) is 33.6 Å². The Morgan fingerprint density at radius 2 is 1.96 bits per heavy atom. The minimum absolute atomic E-state index is 0.120. The Morgan fingerprint density at radius 3 is 2.68 bits per heavy atom. The van der Waals surface area contributed by atoms with Gasteiger partial charge in [0.2, 0.25) is 10.0 Å². The van der Waals surface area contributed by atoms with E-state index in [2.05, 4.69) is 21.2 Å². The number of nitrogens with zero attached hydrogens (tertiary/aromatic N) is 1. The molecule has 0 spiro atoms. The van der Waals surface area contributed by atoms with Crippen molar-refractivity contribution in [2.24, 2.45) is 0 Å². The van der Waals surface area contributed by atoms with Crippen LogP contribution in [0.5, 0.6) is 0 Å². The van der Waals surface area contributed by atoms with Crippen LogP contribution in [-0.4, -0.2) is 26.6 Å². The van der Waals surface area contributed by atoms with Crippen molar-refractivity contribution in [3.8, 4) is 0 Å². The Morgan fingerprint density at radius 1 is 1.16 bits per heavy atom. The van der Waals surface area contributed by atoms with Crippen LogP contribution in [0.4, 0.5) is 11.4 Å². The zero-order valence-electron chi connectivity index (χ0n) is 13.2. The third kappa shape index (κ3) is 4.16. The van der Waals surface area contributed by atoms with E-state index in [4.69, 9.17) is 11.6 Å². The summed E-state index contributed by atoms with van der Waals surface area (Å²) >= 11 is 9.51. The second-order valence-corrected chi connectivity index (χ2v) is 9.06. The van der Waals surface area contributed by atoms with Crippen LogP contribution in [0.25, 0.3) is 0 Å². The number of amides is 1. The van der Waals surface area contributed by atoms with Gasteiger partial charge in [-0.2, -0.15) is 0 Å². The number of hydrogen-bond donors (Lipinski definition) is 1. The summed E-state index contributed by atoms with van der Waals surface area (Å²) in [7, 11) is -3.34. The third-order valence-electron chi connectivity index (χ3n) is 3.91. The number of benzene rings is 2. The highest BCUT2D eigenvalue weighted by Crippen LogP contribution is 2.28. The van der Waals surface area contributed by atoms with E-state index in [1.165, 1.54) is 10.4 Å². The standard InChI is InChI=1S/C17H16BrClN2O3S/c18-12-4-3-5-13(10-12)20-17(22)15-11-14(6-7-16(15)19)21-8-1-2-9-25(21,23)24/h3-7,10-11H,1-2,8-9H2,(H,20,22). The fourth-order valence-electron chi connectivity index (χ4n) is 2.69. The van der Waals surface area contributed by atoms with Crippen molar-refractivity contribution in [3.05, 3.63) is 57.5 Å². The summed E-state index contributed by atoms with van der Waals surface area (Å²) in [6.07, 6.45) is 1.45. The number of hydrogen-bond acceptors (Lipinski definition) is 3. The third-order valence-corrected chi connectivity index (χ3v) is 6.61. The molecule has 1 fully saturated rings. The van der Waals surface area contributed by atoms with Gasteiger partial charge in [-0.25, -0.2) is 8.42 Å². The Bertz CT molecular complexity index is 918. The van der Waals surface area contributed by atoms with Crippen molar-refractivity contribution in [2.45, 2.75) is 12.8 Å². The summed E-state index contributed by atoms with van der Waals surface area (Å²) in [6, 6.07) is 11.9. The maximum absolute atomic E-state index is 12.6. The van der Waals surface area contributed by atoms with Gasteiger partial charge in [0.25, 0.3) is 5.91 Å². The highest BCUT2D eigenvalue weighted by Gasteiger charge is 2.27.